The summed E-state index contributed by atoms with van der Waals surface area (Å²) in [6.07, 6.45) is 3.09. The molecule has 1 amide bonds. The van der Waals surface area contributed by atoms with Gasteiger partial charge in [0.25, 0.3) is 5.91 Å². The number of hydrogen-bond donors (Lipinski definition) is 1. The van der Waals surface area contributed by atoms with Gasteiger partial charge in [-0.25, -0.2) is 4.98 Å². The summed E-state index contributed by atoms with van der Waals surface area (Å²) in [6, 6.07) is 10.7. The lowest BCUT2D eigenvalue weighted by Gasteiger charge is -2.34. The summed E-state index contributed by atoms with van der Waals surface area (Å²) in [6.45, 7) is 13.7. The second kappa shape index (κ2) is 11.6. The third-order valence-electron chi connectivity index (χ3n) is 5.53. The normalized spacial score (nSPS) is 15.6. The Balaban J connectivity index is 1.29. The van der Waals surface area contributed by atoms with Crippen LogP contribution >= 0.6 is 11.3 Å². The van der Waals surface area contributed by atoms with Crippen molar-refractivity contribution in [2.75, 3.05) is 39.3 Å². The van der Waals surface area contributed by atoms with Gasteiger partial charge in [0.1, 0.15) is 4.88 Å². The highest BCUT2D eigenvalue weighted by atomic mass is 32.1. The second-order valence-corrected chi connectivity index (χ2v) is 9.77. The molecule has 1 N–H and O–H groups in total. The lowest BCUT2D eigenvalue weighted by Crippen LogP contribution is -2.46. The van der Waals surface area contributed by atoms with Gasteiger partial charge in [0.2, 0.25) is 0 Å². The van der Waals surface area contributed by atoms with Gasteiger partial charge in [-0.05, 0) is 37.8 Å². The Hall–Kier alpha value is -1.76. The zero-order chi connectivity index (χ0) is 21.3. The quantitative estimate of drug-likeness (QED) is 0.582. The van der Waals surface area contributed by atoms with Crippen molar-refractivity contribution in [3.8, 4) is 0 Å². The summed E-state index contributed by atoms with van der Waals surface area (Å²) in [7, 11) is 0. The topological polar surface area (TPSA) is 48.5 Å². The van der Waals surface area contributed by atoms with Crippen LogP contribution in [0.25, 0.3) is 0 Å². The number of aromatic nitrogens is 1. The molecule has 2 aromatic rings. The van der Waals surface area contributed by atoms with Crippen molar-refractivity contribution in [3.05, 3.63) is 51.5 Å². The van der Waals surface area contributed by atoms with E-state index >= 15 is 0 Å². The highest BCUT2D eigenvalue weighted by Gasteiger charge is 2.17. The van der Waals surface area contributed by atoms with Crippen LogP contribution in [0, 0.1) is 12.8 Å². The molecule has 0 bridgehead atoms. The Morgan fingerprint density at radius 3 is 2.50 bits per heavy atom. The Bertz CT molecular complexity index is 782. The van der Waals surface area contributed by atoms with Crippen molar-refractivity contribution in [2.45, 2.75) is 46.6 Å². The van der Waals surface area contributed by atoms with Crippen molar-refractivity contribution in [1.29, 1.82) is 0 Å². The molecule has 0 aliphatic carbocycles. The van der Waals surface area contributed by atoms with E-state index in [4.69, 9.17) is 0 Å². The summed E-state index contributed by atoms with van der Waals surface area (Å²) in [4.78, 5) is 22.9. The fraction of sp³-hybridized carbons (Fsp3) is 0.583. The van der Waals surface area contributed by atoms with Crippen LogP contribution in [-0.4, -0.2) is 60.0 Å². The molecular formula is C24H36N4OS. The maximum Gasteiger partial charge on any atom is 0.263 e. The van der Waals surface area contributed by atoms with Gasteiger partial charge in [-0.15, -0.1) is 11.3 Å². The number of nitrogens with one attached hydrogen (secondary N) is 1. The first-order valence-electron chi connectivity index (χ1n) is 11.2. The molecule has 1 aliphatic heterocycles. The average molecular weight is 429 g/mol. The Labute approximate surface area is 185 Å². The summed E-state index contributed by atoms with van der Waals surface area (Å²) in [5, 5.41) is 4.15. The molecule has 30 heavy (non-hydrogen) atoms. The van der Waals surface area contributed by atoms with E-state index in [1.54, 1.807) is 11.3 Å². The number of hydrogen-bond acceptors (Lipinski definition) is 5. The zero-order valence-corrected chi connectivity index (χ0v) is 19.5. The van der Waals surface area contributed by atoms with Crippen LogP contribution in [0.1, 0.15) is 52.6 Å². The molecule has 0 spiro atoms. The first kappa shape index (κ1) is 22.9. The van der Waals surface area contributed by atoms with Crippen molar-refractivity contribution in [3.63, 3.8) is 0 Å². The van der Waals surface area contributed by atoms with Crippen molar-refractivity contribution in [1.82, 2.24) is 20.1 Å². The van der Waals surface area contributed by atoms with Gasteiger partial charge in [-0.1, -0.05) is 44.2 Å². The highest BCUT2D eigenvalue weighted by molar-refractivity contribution is 7.13. The molecule has 0 unspecified atom stereocenters. The zero-order valence-electron chi connectivity index (χ0n) is 18.7. The lowest BCUT2D eigenvalue weighted by atomic mass is 10.1. The number of thiazole rings is 1. The number of unbranched alkanes of at least 4 members (excludes halogenated alkanes) is 1. The van der Waals surface area contributed by atoms with Crippen LogP contribution < -0.4 is 5.32 Å². The highest BCUT2D eigenvalue weighted by Crippen LogP contribution is 2.20. The first-order valence-corrected chi connectivity index (χ1v) is 12.1. The fourth-order valence-electron chi connectivity index (χ4n) is 3.85. The molecular weight excluding hydrogens is 392 g/mol. The fourth-order valence-corrected chi connectivity index (χ4v) is 5.05. The molecule has 3 rings (SSSR count). The number of carbonyl (C=O) groups is 1. The van der Waals surface area contributed by atoms with Crippen LogP contribution in [0.3, 0.4) is 0 Å². The van der Waals surface area contributed by atoms with Gasteiger partial charge in [-0.2, -0.15) is 0 Å². The summed E-state index contributed by atoms with van der Waals surface area (Å²) in [5.41, 5.74) is 2.26. The van der Waals surface area contributed by atoms with Gasteiger partial charge >= 0.3 is 0 Å². The number of rotatable bonds is 10. The van der Waals surface area contributed by atoms with Gasteiger partial charge in [0, 0.05) is 45.7 Å². The molecule has 1 aromatic carbocycles. The third-order valence-corrected chi connectivity index (χ3v) is 6.71. The van der Waals surface area contributed by atoms with E-state index in [2.05, 4.69) is 64.3 Å². The average Bonchev–Trinajstić information content (AvgIpc) is 3.09. The standard InChI is InChI=1S/C24H36N4OS/c1-19(2)17-22-26-20(3)23(30-22)24(29)25-11-7-8-12-27-13-15-28(16-14-27)18-21-9-5-4-6-10-21/h4-6,9-10,19H,7-8,11-18H2,1-3H3,(H,25,29). The van der Waals surface area contributed by atoms with Crippen LogP contribution in [-0.2, 0) is 13.0 Å². The molecule has 2 heterocycles. The molecule has 6 heteroatoms. The summed E-state index contributed by atoms with van der Waals surface area (Å²) >= 11 is 1.55. The minimum atomic E-state index is 0.0366. The maximum absolute atomic E-state index is 12.5. The van der Waals surface area contributed by atoms with Crippen molar-refractivity contribution < 1.29 is 4.79 Å². The SMILES string of the molecule is Cc1nc(CC(C)C)sc1C(=O)NCCCCN1CCN(Cc2ccccc2)CC1. The van der Waals surface area contributed by atoms with E-state index in [0.717, 1.165) is 80.7 Å². The number of benzene rings is 1. The van der Waals surface area contributed by atoms with Crippen molar-refractivity contribution >= 4 is 17.2 Å². The maximum atomic E-state index is 12.5. The van der Waals surface area contributed by atoms with Crippen LogP contribution in [0.5, 0.6) is 0 Å². The van der Waals surface area contributed by atoms with Crippen LogP contribution in [0.15, 0.2) is 30.3 Å². The van der Waals surface area contributed by atoms with E-state index in [0.29, 0.717) is 5.92 Å². The minimum Gasteiger partial charge on any atom is -0.351 e. The molecule has 1 aliphatic rings. The summed E-state index contributed by atoms with van der Waals surface area (Å²) in [5.74, 6) is 0.598. The monoisotopic (exact) mass is 428 g/mol. The lowest BCUT2D eigenvalue weighted by molar-refractivity contribution is 0.0954. The molecule has 1 saturated heterocycles. The molecule has 5 nitrogen and oxygen atoms in total. The molecule has 0 radical (unpaired) electrons. The number of nitrogens with zero attached hydrogens (tertiary/aromatic N) is 3. The largest absolute Gasteiger partial charge is 0.351 e. The van der Waals surface area contributed by atoms with Crippen LogP contribution in [0.2, 0.25) is 0 Å². The second-order valence-electron chi connectivity index (χ2n) is 8.69. The van der Waals surface area contributed by atoms with Gasteiger partial charge in [0.05, 0.1) is 10.7 Å². The number of aryl methyl sites for hydroxylation is 1. The minimum absolute atomic E-state index is 0.0366. The van der Waals surface area contributed by atoms with E-state index < -0.39 is 0 Å². The molecule has 0 saturated carbocycles. The van der Waals surface area contributed by atoms with E-state index in [9.17, 15) is 4.79 Å². The van der Waals surface area contributed by atoms with E-state index in [-0.39, 0.29) is 5.91 Å². The Kier molecular flexibility index (Phi) is 8.85. The Morgan fingerprint density at radius 1 is 1.10 bits per heavy atom. The summed E-state index contributed by atoms with van der Waals surface area (Å²) < 4.78 is 0. The van der Waals surface area contributed by atoms with Gasteiger partial charge < -0.3 is 10.2 Å². The molecule has 164 valence electrons. The van der Waals surface area contributed by atoms with E-state index in [1.165, 1.54) is 5.56 Å². The number of amides is 1. The molecule has 1 fully saturated rings. The number of piperazine rings is 1. The van der Waals surface area contributed by atoms with Gasteiger partial charge in [0.15, 0.2) is 0 Å². The van der Waals surface area contributed by atoms with Gasteiger partial charge in [-0.3, -0.25) is 9.69 Å². The van der Waals surface area contributed by atoms with E-state index in [1.807, 2.05) is 6.92 Å². The molecule has 0 atom stereocenters. The smallest absolute Gasteiger partial charge is 0.263 e. The first-order chi connectivity index (χ1) is 14.5. The predicted octanol–water partition coefficient (Wildman–Crippen LogP) is 3.98. The molecule has 1 aromatic heterocycles. The predicted molar refractivity (Wildman–Crippen MR) is 125 cm³/mol. The number of carbonyl (C=O) groups excluding carboxylic acids is 1. The third kappa shape index (κ3) is 7.18. The Morgan fingerprint density at radius 2 is 1.80 bits per heavy atom. The van der Waals surface area contributed by atoms with Crippen LogP contribution in [0.4, 0.5) is 0 Å². The van der Waals surface area contributed by atoms with Crippen molar-refractivity contribution in [2.24, 2.45) is 5.92 Å².